The maximum Gasteiger partial charge on any atom is 0.250 e. The van der Waals surface area contributed by atoms with Crippen LogP contribution in [-0.2, 0) is 26.2 Å². The van der Waals surface area contributed by atoms with E-state index in [1.807, 2.05) is 30.5 Å². The van der Waals surface area contributed by atoms with Gasteiger partial charge in [-0.3, -0.25) is 14.4 Å². The molecule has 3 aromatic rings. The summed E-state index contributed by atoms with van der Waals surface area (Å²) in [6.07, 6.45) is 4.64. The molecule has 224 valence electrons. The molecule has 2 saturated heterocycles. The Hall–Kier alpha value is -3.70. The van der Waals surface area contributed by atoms with E-state index in [1.165, 1.54) is 0 Å². The maximum atomic E-state index is 12.8. The summed E-state index contributed by atoms with van der Waals surface area (Å²) in [5, 5.41) is 3.96. The minimum absolute atomic E-state index is 0.00390. The lowest BCUT2D eigenvalue weighted by molar-refractivity contribution is -0.134. The number of piperidine rings is 2. The van der Waals surface area contributed by atoms with Gasteiger partial charge in [-0.1, -0.05) is 18.2 Å². The Morgan fingerprint density at radius 3 is 2.36 bits per heavy atom. The Labute approximate surface area is 246 Å². The molecule has 0 aliphatic carbocycles. The molecule has 2 aliphatic heterocycles. The molecule has 0 spiro atoms. The highest BCUT2D eigenvalue weighted by Crippen LogP contribution is 2.37. The summed E-state index contributed by atoms with van der Waals surface area (Å²) in [6.45, 7) is 5.74. The van der Waals surface area contributed by atoms with Gasteiger partial charge >= 0.3 is 0 Å². The third-order valence-electron chi connectivity index (χ3n) is 8.78. The van der Waals surface area contributed by atoms with E-state index in [9.17, 15) is 22.8 Å². The van der Waals surface area contributed by atoms with Crippen molar-refractivity contribution in [2.75, 3.05) is 31.9 Å². The van der Waals surface area contributed by atoms with Crippen LogP contribution in [0.5, 0.6) is 0 Å². The summed E-state index contributed by atoms with van der Waals surface area (Å²) in [4.78, 5) is 41.9. The average molecular weight is 594 g/mol. The normalized spacial score (nSPS) is 17.4. The molecule has 1 aromatic heterocycles. The van der Waals surface area contributed by atoms with E-state index in [0.29, 0.717) is 69.5 Å². The molecule has 3 heterocycles. The first kappa shape index (κ1) is 29.8. The van der Waals surface area contributed by atoms with Crippen molar-refractivity contribution in [2.24, 2.45) is 11.7 Å². The Morgan fingerprint density at radius 2 is 1.71 bits per heavy atom. The molecule has 0 radical (unpaired) electrons. The Bertz CT molecular complexity index is 1600. The van der Waals surface area contributed by atoms with Crippen molar-refractivity contribution in [1.29, 1.82) is 0 Å². The molecule has 0 saturated carbocycles. The summed E-state index contributed by atoms with van der Waals surface area (Å²) in [5.74, 6) is -0.344. The van der Waals surface area contributed by atoms with Crippen LogP contribution in [-0.4, -0.2) is 72.3 Å². The van der Waals surface area contributed by atoms with Crippen LogP contribution >= 0.6 is 0 Å². The fourth-order valence-corrected chi connectivity index (χ4v) is 7.36. The predicted octanol–water partition coefficient (Wildman–Crippen LogP) is 3.34. The monoisotopic (exact) mass is 593 g/mol. The first-order valence-electron chi connectivity index (χ1n) is 14.6. The zero-order chi connectivity index (χ0) is 30.0. The molecular weight excluding hydrogens is 554 g/mol. The molecule has 3 amide bonds. The van der Waals surface area contributed by atoms with Crippen LogP contribution in [0.2, 0.25) is 0 Å². The van der Waals surface area contributed by atoms with Gasteiger partial charge in [0, 0.05) is 57.1 Å². The van der Waals surface area contributed by atoms with Gasteiger partial charge in [0.25, 0.3) is 5.91 Å². The number of benzene rings is 2. The largest absolute Gasteiger partial charge is 0.366 e. The number of hydrogen-bond donors (Lipinski definition) is 3. The van der Waals surface area contributed by atoms with Gasteiger partial charge in [-0.2, -0.15) is 0 Å². The van der Waals surface area contributed by atoms with E-state index in [4.69, 9.17) is 5.73 Å². The van der Waals surface area contributed by atoms with Crippen molar-refractivity contribution < 1.29 is 22.8 Å². The number of H-pyrrole nitrogens is 1. The Balaban J connectivity index is 1.34. The predicted molar refractivity (Wildman–Crippen MR) is 162 cm³/mol. The number of nitrogens with one attached hydrogen (secondary N) is 2. The van der Waals surface area contributed by atoms with Gasteiger partial charge in [-0.15, -0.1) is 0 Å². The number of primary amides is 1. The Morgan fingerprint density at radius 1 is 1.00 bits per heavy atom. The number of rotatable bonds is 8. The fourth-order valence-electron chi connectivity index (χ4n) is 6.23. The fraction of sp³-hybridized carbons (Fsp3) is 0.452. The summed E-state index contributed by atoms with van der Waals surface area (Å²) in [6, 6.07) is 11.7. The molecule has 2 fully saturated rings. The molecular formula is C31H39N5O5S. The molecule has 42 heavy (non-hydrogen) atoms. The zero-order valence-electron chi connectivity index (χ0n) is 24.2. The van der Waals surface area contributed by atoms with E-state index in [1.54, 1.807) is 29.1 Å². The minimum Gasteiger partial charge on any atom is -0.366 e. The number of nitrogens with zero attached hydrogens (tertiary/aromatic N) is 2. The second kappa shape index (κ2) is 12.3. The maximum absolute atomic E-state index is 12.8. The molecule has 0 unspecified atom stereocenters. The van der Waals surface area contributed by atoms with E-state index in [-0.39, 0.29) is 29.4 Å². The molecule has 0 bridgehead atoms. The number of likely N-dealkylation sites (tertiary alicyclic amines) is 1. The number of aromatic amines is 1. The van der Waals surface area contributed by atoms with Gasteiger partial charge in [0.1, 0.15) is 0 Å². The van der Waals surface area contributed by atoms with Gasteiger partial charge in [-0.05, 0) is 79.0 Å². The molecule has 5 rings (SSSR count). The molecule has 11 heteroatoms. The quantitative estimate of drug-likeness (QED) is 0.367. The summed E-state index contributed by atoms with van der Waals surface area (Å²) >= 11 is 0. The third-order valence-corrected chi connectivity index (χ3v) is 10.7. The first-order valence-corrected chi connectivity index (χ1v) is 16.2. The zero-order valence-corrected chi connectivity index (χ0v) is 25.0. The van der Waals surface area contributed by atoms with E-state index in [2.05, 4.69) is 16.4 Å². The SMILES string of the molecule is CCS(=O)(=O)N1CCC(c2c[nH]c3c(C(N)=O)cc(-c4cccc(CNC(=O)C5CCN(C(C)=O)CC5)c4)cc23)CC1. The number of carbonyl (C=O) groups excluding carboxylic acids is 3. The van der Waals surface area contributed by atoms with Crippen molar-refractivity contribution in [2.45, 2.75) is 52.0 Å². The number of carbonyl (C=O) groups is 3. The summed E-state index contributed by atoms with van der Waals surface area (Å²) in [5.41, 5.74) is 10.6. The van der Waals surface area contributed by atoms with Gasteiger partial charge in [0.15, 0.2) is 0 Å². The van der Waals surface area contributed by atoms with Crippen LogP contribution in [0.3, 0.4) is 0 Å². The highest BCUT2D eigenvalue weighted by atomic mass is 32.2. The Kier molecular flexibility index (Phi) is 8.70. The van der Waals surface area contributed by atoms with Crippen LogP contribution in [0, 0.1) is 5.92 Å². The van der Waals surface area contributed by atoms with Gasteiger partial charge in [-0.25, -0.2) is 12.7 Å². The summed E-state index contributed by atoms with van der Waals surface area (Å²) < 4.78 is 26.2. The van der Waals surface area contributed by atoms with Crippen LogP contribution in [0.1, 0.15) is 66.9 Å². The number of hydrogen-bond acceptors (Lipinski definition) is 5. The summed E-state index contributed by atoms with van der Waals surface area (Å²) in [7, 11) is -3.22. The number of amides is 3. The molecule has 0 atom stereocenters. The lowest BCUT2D eigenvalue weighted by Gasteiger charge is -2.31. The van der Waals surface area contributed by atoms with E-state index >= 15 is 0 Å². The molecule has 4 N–H and O–H groups in total. The highest BCUT2D eigenvalue weighted by Gasteiger charge is 2.29. The van der Waals surface area contributed by atoms with Gasteiger partial charge in [0.05, 0.1) is 16.8 Å². The van der Waals surface area contributed by atoms with Crippen molar-refractivity contribution >= 4 is 38.6 Å². The standard InChI is InChI=1S/C31H39N5O5S/c1-3-42(40,41)36-13-9-22(10-14-36)28-19-33-29-26(28)16-25(17-27(29)30(32)38)24-6-4-5-21(15-24)18-34-31(39)23-7-11-35(12-8-23)20(2)37/h4-6,15-17,19,22-23,33H,3,7-14,18H2,1-2H3,(H2,32,38)(H,34,39). The lowest BCUT2D eigenvalue weighted by atomic mass is 9.88. The number of sulfonamides is 1. The van der Waals surface area contributed by atoms with Crippen molar-refractivity contribution in [3.63, 3.8) is 0 Å². The van der Waals surface area contributed by atoms with Gasteiger partial charge < -0.3 is 20.9 Å². The molecule has 2 aliphatic rings. The van der Waals surface area contributed by atoms with Crippen LogP contribution < -0.4 is 11.1 Å². The molecule has 2 aromatic carbocycles. The smallest absolute Gasteiger partial charge is 0.250 e. The van der Waals surface area contributed by atoms with E-state index < -0.39 is 15.9 Å². The average Bonchev–Trinajstić information content (AvgIpc) is 3.43. The lowest BCUT2D eigenvalue weighted by Crippen LogP contribution is -2.42. The van der Waals surface area contributed by atoms with Crippen molar-refractivity contribution in [3.05, 3.63) is 59.3 Å². The van der Waals surface area contributed by atoms with Crippen LogP contribution in [0.15, 0.2) is 42.6 Å². The molecule has 10 nitrogen and oxygen atoms in total. The minimum atomic E-state index is -3.22. The van der Waals surface area contributed by atoms with Crippen molar-refractivity contribution in [1.82, 2.24) is 19.5 Å². The number of fused-ring (bicyclic) bond motifs is 1. The number of nitrogens with two attached hydrogens (primary N) is 1. The topological polar surface area (TPSA) is 146 Å². The van der Waals surface area contributed by atoms with Crippen LogP contribution in [0.4, 0.5) is 0 Å². The highest BCUT2D eigenvalue weighted by molar-refractivity contribution is 7.89. The first-order chi connectivity index (χ1) is 20.1. The van der Waals surface area contributed by atoms with Crippen LogP contribution in [0.25, 0.3) is 22.0 Å². The second-order valence-corrected chi connectivity index (χ2v) is 13.6. The number of aromatic nitrogens is 1. The van der Waals surface area contributed by atoms with Gasteiger partial charge in [0.2, 0.25) is 21.8 Å². The second-order valence-electron chi connectivity index (χ2n) is 11.3. The van der Waals surface area contributed by atoms with E-state index in [0.717, 1.165) is 27.6 Å². The van der Waals surface area contributed by atoms with Crippen molar-refractivity contribution in [3.8, 4) is 11.1 Å². The third kappa shape index (κ3) is 6.22.